The number of nitrogens with zero attached hydrogens (tertiary/aromatic N) is 2. The average Bonchev–Trinajstić information content (AvgIpc) is 1.82. The molecule has 10 heavy (non-hydrogen) atoms. The summed E-state index contributed by atoms with van der Waals surface area (Å²) in [6.07, 6.45) is 0. The third kappa shape index (κ3) is 1.08. The van der Waals surface area contributed by atoms with Gasteiger partial charge >= 0.3 is 0 Å². The van der Waals surface area contributed by atoms with E-state index in [1.165, 1.54) is 0 Å². The van der Waals surface area contributed by atoms with E-state index in [0.29, 0.717) is 0 Å². The largest absolute Gasteiger partial charge is 0.381 e. The molecule has 0 bridgehead atoms. The van der Waals surface area contributed by atoms with E-state index in [-0.39, 0.29) is 11.8 Å². The van der Waals surface area contributed by atoms with Gasteiger partial charge in [-0.15, -0.1) is 0 Å². The van der Waals surface area contributed by atoms with Crippen molar-refractivity contribution >= 4 is 29.2 Å². The smallest absolute Gasteiger partial charge is 0.237 e. The predicted octanol–water partition coefficient (Wildman–Crippen LogP) is -1.19. The molecule has 0 fully saturated rings. The first-order chi connectivity index (χ1) is 4.61. The van der Waals surface area contributed by atoms with Crippen LogP contribution in [-0.2, 0) is 4.79 Å². The Kier molecular flexibility index (Phi) is 1.58. The van der Waals surface area contributed by atoms with Gasteiger partial charge in [-0.05, 0) is 0 Å². The van der Waals surface area contributed by atoms with Crippen molar-refractivity contribution < 1.29 is 4.79 Å². The molecule has 0 spiro atoms. The number of carbonyl (C=O) groups excluding carboxylic acids is 1. The molecule has 5 nitrogen and oxygen atoms in total. The summed E-state index contributed by atoms with van der Waals surface area (Å²) in [5.41, 5.74) is 9.24. The lowest BCUT2D eigenvalue weighted by Gasteiger charge is -2.07. The van der Waals surface area contributed by atoms with Crippen LogP contribution in [0.4, 0.5) is 0 Å². The van der Waals surface area contributed by atoms with Gasteiger partial charge in [-0.1, -0.05) is 11.6 Å². The van der Waals surface area contributed by atoms with Crippen molar-refractivity contribution in [3.63, 3.8) is 0 Å². The number of halogens is 1. The summed E-state index contributed by atoms with van der Waals surface area (Å²) < 4.78 is 0. The molecule has 0 radical (unpaired) electrons. The fraction of sp³-hybridized carbons (Fsp3) is 0.250. The van der Waals surface area contributed by atoms with Crippen molar-refractivity contribution in [1.29, 1.82) is 0 Å². The molecule has 6 heteroatoms. The molecule has 1 heterocycles. The maximum Gasteiger partial charge on any atom is 0.237 e. The molecule has 1 atom stereocenters. The number of alkyl halides is 1. The number of nitrogens with two attached hydrogens (primary N) is 2. The molecular weight excluding hydrogens is 156 g/mol. The van der Waals surface area contributed by atoms with Gasteiger partial charge in [0.25, 0.3) is 0 Å². The first-order valence-corrected chi connectivity index (χ1v) is 2.90. The lowest BCUT2D eigenvalue weighted by Crippen LogP contribution is -2.36. The molecule has 1 rings (SSSR count). The van der Waals surface area contributed by atoms with Gasteiger partial charge in [-0.25, -0.2) is 4.99 Å². The molecule has 1 unspecified atom stereocenters. The van der Waals surface area contributed by atoms with E-state index in [1.54, 1.807) is 0 Å². The fourth-order valence-electron chi connectivity index (χ4n) is 0.504. The Balaban J connectivity index is 2.95. The van der Waals surface area contributed by atoms with E-state index >= 15 is 0 Å². The molecule has 0 saturated heterocycles. The van der Waals surface area contributed by atoms with E-state index in [9.17, 15) is 4.79 Å². The van der Waals surface area contributed by atoms with Crippen LogP contribution in [0.15, 0.2) is 9.98 Å². The molecular formula is C4H5ClN4O. The van der Waals surface area contributed by atoms with E-state index in [2.05, 4.69) is 9.98 Å². The molecule has 0 saturated carbocycles. The Hall–Kier alpha value is -1.10. The molecule has 0 aliphatic carbocycles. The van der Waals surface area contributed by atoms with Gasteiger partial charge < -0.3 is 11.5 Å². The second kappa shape index (κ2) is 2.26. The number of amidine groups is 1. The van der Waals surface area contributed by atoms with Crippen molar-refractivity contribution in [2.45, 2.75) is 5.50 Å². The molecule has 0 aromatic heterocycles. The molecule has 4 N–H and O–H groups in total. The molecule has 0 aromatic rings. The summed E-state index contributed by atoms with van der Waals surface area (Å²) in [6.45, 7) is 0. The highest BCUT2D eigenvalue weighted by Crippen LogP contribution is 2.03. The molecule has 1 aliphatic rings. The Labute approximate surface area is 61.8 Å². The third-order valence-electron chi connectivity index (χ3n) is 0.949. The van der Waals surface area contributed by atoms with Gasteiger partial charge in [-0.3, -0.25) is 4.79 Å². The van der Waals surface area contributed by atoms with Crippen LogP contribution in [0.3, 0.4) is 0 Å². The highest BCUT2D eigenvalue weighted by molar-refractivity contribution is 6.52. The first kappa shape index (κ1) is 7.01. The zero-order valence-corrected chi connectivity index (χ0v) is 5.67. The van der Waals surface area contributed by atoms with Crippen molar-refractivity contribution in [3.8, 4) is 0 Å². The molecule has 0 amide bonds. The summed E-state index contributed by atoms with van der Waals surface area (Å²) >= 11 is 5.38. The highest BCUT2D eigenvalue weighted by Gasteiger charge is 2.22. The van der Waals surface area contributed by atoms with E-state index in [4.69, 9.17) is 23.1 Å². The molecule has 0 aromatic carbocycles. The van der Waals surface area contributed by atoms with Crippen molar-refractivity contribution in [3.05, 3.63) is 0 Å². The number of aliphatic imine (C=N–C) groups is 2. The summed E-state index contributed by atoms with van der Waals surface area (Å²) in [4.78, 5) is 17.6. The monoisotopic (exact) mass is 160 g/mol. The number of hydrogen-bond donors (Lipinski definition) is 2. The van der Waals surface area contributed by atoms with E-state index in [1.807, 2.05) is 0 Å². The number of guanidine groups is 1. The number of Topliss-reactive ketones (excluding diaryl/α,β-unsaturated/α-hetero) is 1. The number of rotatable bonds is 0. The number of ketones is 1. The van der Waals surface area contributed by atoms with Crippen LogP contribution >= 0.6 is 11.6 Å². The molecule has 54 valence electrons. The van der Waals surface area contributed by atoms with Gasteiger partial charge in [0.1, 0.15) is 0 Å². The summed E-state index contributed by atoms with van der Waals surface area (Å²) in [6, 6.07) is 0. The van der Waals surface area contributed by atoms with Gasteiger partial charge in [0.2, 0.25) is 11.7 Å². The van der Waals surface area contributed by atoms with Crippen molar-refractivity contribution in [2.24, 2.45) is 21.5 Å². The van der Waals surface area contributed by atoms with E-state index < -0.39 is 11.3 Å². The third-order valence-corrected chi connectivity index (χ3v) is 1.25. The first-order valence-electron chi connectivity index (χ1n) is 2.47. The van der Waals surface area contributed by atoms with Crippen LogP contribution in [-0.4, -0.2) is 23.1 Å². The Bertz CT molecular complexity index is 233. The minimum absolute atomic E-state index is 0.0582. The number of hydrogen-bond acceptors (Lipinski definition) is 5. The topological polar surface area (TPSA) is 93.8 Å². The van der Waals surface area contributed by atoms with Gasteiger partial charge in [0.05, 0.1) is 0 Å². The summed E-state index contributed by atoms with van der Waals surface area (Å²) in [5.74, 6) is -0.750. The fourth-order valence-corrected chi connectivity index (χ4v) is 0.716. The minimum atomic E-state index is -1.00. The SMILES string of the molecule is NC1=NC(Cl)C(=O)C(N)=N1. The Morgan fingerprint density at radius 3 is 2.60 bits per heavy atom. The number of carbonyl (C=O) groups is 1. The van der Waals surface area contributed by atoms with Crippen LogP contribution in [0.2, 0.25) is 0 Å². The summed E-state index contributed by atoms with van der Waals surface area (Å²) in [7, 11) is 0. The van der Waals surface area contributed by atoms with Gasteiger partial charge in [0.15, 0.2) is 11.3 Å². The second-order valence-corrected chi connectivity index (χ2v) is 2.10. The van der Waals surface area contributed by atoms with Crippen LogP contribution in [0.25, 0.3) is 0 Å². The lowest BCUT2D eigenvalue weighted by molar-refractivity contribution is -0.112. The van der Waals surface area contributed by atoms with Crippen LogP contribution in [0.5, 0.6) is 0 Å². The maximum atomic E-state index is 10.7. The normalized spacial score (nSPS) is 25.7. The van der Waals surface area contributed by atoms with Gasteiger partial charge in [-0.2, -0.15) is 4.99 Å². The Morgan fingerprint density at radius 1 is 1.50 bits per heavy atom. The van der Waals surface area contributed by atoms with Crippen LogP contribution < -0.4 is 11.5 Å². The quantitative estimate of drug-likeness (QED) is 0.345. The van der Waals surface area contributed by atoms with E-state index in [0.717, 1.165) is 0 Å². The van der Waals surface area contributed by atoms with Crippen molar-refractivity contribution in [2.75, 3.05) is 0 Å². The average molecular weight is 161 g/mol. The second-order valence-electron chi connectivity index (χ2n) is 1.68. The lowest BCUT2D eigenvalue weighted by atomic mass is 10.3. The zero-order chi connectivity index (χ0) is 7.72. The maximum absolute atomic E-state index is 10.7. The standard InChI is InChI=1S/C4H5ClN4O/c5-2-1(10)3(6)9-4(7)8-2/h2H,(H4,6,7,8,9). The van der Waals surface area contributed by atoms with Gasteiger partial charge in [0, 0.05) is 0 Å². The predicted molar refractivity (Wildman–Crippen MR) is 37.9 cm³/mol. The van der Waals surface area contributed by atoms with Crippen LogP contribution in [0, 0.1) is 0 Å². The molecule has 1 aliphatic heterocycles. The Morgan fingerprint density at radius 2 is 2.10 bits per heavy atom. The highest BCUT2D eigenvalue weighted by atomic mass is 35.5. The zero-order valence-electron chi connectivity index (χ0n) is 4.91. The summed E-state index contributed by atoms with van der Waals surface area (Å²) in [5, 5.41) is 0. The minimum Gasteiger partial charge on any atom is -0.381 e. The van der Waals surface area contributed by atoms with Crippen molar-refractivity contribution in [1.82, 2.24) is 0 Å². The van der Waals surface area contributed by atoms with Crippen LogP contribution in [0.1, 0.15) is 0 Å².